The van der Waals surface area contributed by atoms with E-state index in [1.165, 1.54) is 148 Å². The van der Waals surface area contributed by atoms with Crippen LogP contribution in [0.25, 0.3) is 0 Å². The Hall–Kier alpha value is -3.93. The average molecular weight is 1080 g/mol. The molecule has 0 aliphatic heterocycles. The van der Waals surface area contributed by atoms with Gasteiger partial charge in [0.2, 0.25) is 0 Å². The van der Waals surface area contributed by atoms with E-state index in [1.807, 2.05) is 0 Å². The highest BCUT2D eigenvalue weighted by molar-refractivity contribution is 5.71. The fourth-order valence-corrected chi connectivity index (χ4v) is 9.13. The fraction of sp³-hybridized carbons (Fsp3) is 0.708. The van der Waals surface area contributed by atoms with Crippen molar-refractivity contribution in [2.45, 2.75) is 316 Å². The first kappa shape index (κ1) is 74.1. The Morgan fingerprint density at radius 3 is 0.795 bits per heavy atom. The lowest BCUT2D eigenvalue weighted by Gasteiger charge is -2.18. The number of hydrogen-bond acceptors (Lipinski definition) is 6. The second kappa shape index (κ2) is 65.6. The molecule has 0 aromatic carbocycles. The van der Waals surface area contributed by atoms with Gasteiger partial charge in [0.05, 0.1) is 0 Å². The fourth-order valence-electron chi connectivity index (χ4n) is 9.13. The molecule has 78 heavy (non-hydrogen) atoms. The minimum atomic E-state index is -0.789. The van der Waals surface area contributed by atoms with E-state index in [0.717, 1.165) is 122 Å². The molecule has 1 atom stereocenters. The van der Waals surface area contributed by atoms with Crippen molar-refractivity contribution in [2.24, 2.45) is 0 Å². The molecule has 0 N–H and O–H groups in total. The minimum absolute atomic E-state index is 0.0846. The van der Waals surface area contributed by atoms with E-state index in [-0.39, 0.29) is 31.1 Å². The predicted molar refractivity (Wildman–Crippen MR) is 339 cm³/mol. The number of unbranched alkanes of at least 4 members (excludes halogenated alkanes) is 30. The van der Waals surface area contributed by atoms with Gasteiger partial charge in [-0.2, -0.15) is 0 Å². The lowest BCUT2D eigenvalue weighted by Crippen LogP contribution is -2.30. The number of esters is 3. The topological polar surface area (TPSA) is 78.9 Å². The third-order valence-electron chi connectivity index (χ3n) is 14.0. The molecule has 0 rings (SSSR count). The van der Waals surface area contributed by atoms with Gasteiger partial charge in [-0.05, 0) is 122 Å². The summed E-state index contributed by atoms with van der Waals surface area (Å²) in [4.78, 5) is 38.4. The van der Waals surface area contributed by atoms with Crippen LogP contribution in [0.3, 0.4) is 0 Å². The van der Waals surface area contributed by atoms with Crippen molar-refractivity contribution in [3.8, 4) is 0 Å². The Kier molecular flexibility index (Phi) is 62.3. The summed E-state index contributed by atoms with van der Waals surface area (Å²) in [6.45, 7) is 6.42. The average Bonchev–Trinajstić information content (AvgIpc) is 3.44. The van der Waals surface area contributed by atoms with Crippen molar-refractivity contribution < 1.29 is 28.6 Å². The number of carbonyl (C=O) groups excluding carboxylic acids is 3. The zero-order chi connectivity index (χ0) is 56.4. The largest absolute Gasteiger partial charge is 0.462 e. The van der Waals surface area contributed by atoms with Gasteiger partial charge in [0.25, 0.3) is 0 Å². The molecule has 0 saturated heterocycles. The van der Waals surface area contributed by atoms with Gasteiger partial charge < -0.3 is 14.2 Å². The lowest BCUT2D eigenvalue weighted by atomic mass is 10.0. The molecular formula is C72H122O6. The molecule has 0 amide bonds. The first-order valence-corrected chi connectivity index (χ1v) is 32.9. The van der Waals surface area contributed by atoms with Gasteiger partial charge >= 0.3 is 17.9 Å². The maximum Gasteiger partial charge on any atom is 0.306 e. The number of carbonyl (C=O) groups is 3. The third-order valence-corrected chi connectivity index (χ3v) is 14.0. The van der Waals surface area contributed by atoms with Gasteiger partial charge in [0.15, 0.2) is 6.10 Å². The van der Waals surface area contributed by atoms with Crippen LogP contribution >= 0.6 is 0 Å². The van der Waals surface area contributed by atoms with E-state index in [2.05, 4.69) is 130 Å². The highest BCUT2D eigenvalue weighted by atomic mass is 16.6. The van der Waals surface area contributed by atoms with Crippen molar-refractivity contribution in [1.82, 2.24) is 0 Å². The van der Waals surface area contributed by atoms with Crippen LogP contribution in [0.2, 0.25) is 0 Å². The molecular weight excluding hydrogens is 961 g/mol. The van der Waals surface area contributed by atoms with E-state index in [1.54, 1.807) is 0 Å². The SMILES string of the molecule is CC/C=C\C/C=C\C/C=C\C/C=C\CCCCCCCCCCCCCCC(=O)OCC(COC(=O)CCCCCCC/C=C\CCCCCCC)OC(=O)CCCCCCCCCC/C=C\C/C=C\C/C=C\C/C=C\CC. The van der Waals surface area contributed by atoms with Crippen LogP contribution in [-0.4, -0.2) is 37.2 Å². The first-order chi connectivity index (χ1) is 38.5. The normalized spacial score (nSPS) is 12.8. The van der Waals surface area contributed by atoms with Crippen molar-refractivity contribution in [3.63, 3.8) is 0 Å². The Labute approximate surface area is 482 Å². The van der Waals surface area contributed by atoms with Crippen molar-refractivity contribution in [3.05, 3.63) is 109 Å². The van der Waals surface area contributed by atoms with Gasteiger partial charge in [-0.3, -0.25) is 14.4 Å². The second-order valence-electron chi connectivity index (χ2n) is 21.6. The lowest BCUT2D eigenvalue weighted by molar-refractivity contribution is -0.167. The molecule has 0 spiro atoms. The van der Waals surface area contributed by atoms with Crippen molar-refractivity contribution >= 4 is 17.9 Å². The van der Waals surface area contributed by atoms with E-state index in [9.17, 15) is 14.4 Å². The van der Waals surface area contributed by atoms with Crippen LogP contribution in [0.4, 0.5) is 0 Å². The molecule has 0 heterocycles. The highest BCUT2D eigenvalue weighted by Gasteiger charge is 2.19. The number of hydrogen-bond donors (Lipinski definition) is 0. The molecule has 0 radical (unpaired) electrons. The maximum atomic E-state index is 12.9. The van der Waals surface area contributed by atoms with Crippen molar-refractivity contribution in [2.75, 3.05) is 13.2 Å². The quantitative estimate of drug-likeness (QED) is 0.0261. The molecule has 0 saturated carbocycles. The van der Waals surface area contributed by atoms with Gasteiger partial charge in [0, 0.05) is 19.3 Å². The summed E-state index contributed by atoms with van der Waals surface area (Å²) < 4.78 is 16.9. The second-order valence-corrected chi connectivity index (χ2v) is 21.6. The molecule has 0 aliphatic carbocycles. The zero-order valence-electron chi connectivity index (χ0n) is 51.2. The third kappa shape index (κ3) is 62.9. The van der Waals surface area contributed by atoms with E-state index >= 15 is 0 Å². The number of ether oxygens (including phenoxy) is 3. The van der Waals surface area contributed by atoms with Crippen LogP contribution in [-0.2, 0) is 28.6 Å². The summed E-state index contributed by atoms with van der Waals surface area (Å²) in [5.41, 5.74) is 0. The van der Waals surface area contributed by atoms with Crippen LogP contribution in [0, 0.1) is 0 Å². The Morgan fingerprint density at radius 2 is 0.500 bits per heavy atom. The molecule has 0 bridgehead atoms. The van der Waals surface area contributed by atoms with Crippen LogP contribution in [0.5, 0.6) is 0 Å². The zero-order valence-corrected chi connectivity index (χ0v) is 51.2. The van der Waals surface area contributed by atoms with Gasteiger partial charge in [-0.15, -0.1) is 0 Å². The number of rotatable bonds is 59. The van der Waals surface area contributed by atoms with Crippen LogP contribution in [0.15, 0.2) is 109 Å². The maximum absolute atomic E-state index is 12.9. The summed E-state index contributed by atoms with van der Waals surface area (Å²) in [6, 6.07) is 0. The van der Waals surface area contributed by atoms with E-state index < -0.39 is 6.10 Å². The summed E-state index contributed by atoms with van der Waals surface area (Å²) >= 11 is 0. The summed E-state index contributed by atoms with van der Waals surface area (Å²) in [7, 11) is 0. The summed E-state index contributed by atoms with van der Waals surface area (Å²) in [5.74, 6) is -0.894. The van der Waals surface area contributed by atoms with Gasteiger partial charge in [0.1, 0.15) is 13.2 Å². The molecule has 0 aliphatic rings. The highest BCUT2D eigenvalue weighted by Crippen LogP contribution is 2.16. The summed E-state index contributed by atoms with van der Waals surface area (Å²) in [6.07, 6.45) is 89.5. The molecule has 6 heteroatoms. The first-order valence-electron chi connectivity index (χ1n) is 32.9. The molecule has 446 valence electrons. The number of allylic oxidation sites excluding steroid dienone is 18. The predicted octanol–water partition coefficient (Wildman–Crippen LogP) is 22.6. The van der Waals surface area contributed by atoms with E-state index in [0.29, 0.717) is 19.3 Å². The standard InChI is InChI=1S/C72H122O6/c1-4-7-10-13-16-19-22-25-28-30-32-34-35-36-37-39-40-42-44-47-50-53-56-59-62-65-71(74)77-68-69(67-76-70(73)64-61-58-55-52-49-46-27-24-21-18-15-12-9-6-3)78-72(75)66-63-60-57-54-51-48-45-43-41-38-33-31-29-26-23-20-17-14-11-8-5-2/h7-8,10-11,16-17,19-20,24-29,32-34,38,69H,4-6,9,12-15,18,21-23,30-31,35-37,39-68H2,1-3H3/b10-7-,11-8-,19-16-,20-17-,27-24-,28-25-,29-26-,34-32-,38-33-. The molecule has 0 aromatic rings. The Bertz CT molecular complexity index is 1570. The summed E-state index contributed by atoms with van der Waals surface area (Å²) in [5, 5.41) is 0. The molecule has 0 fully saturated rings. The van der Waals surface area contributed by atoms with Gasteiger partial charge in [-0.25, -0.2) is 0 Å². The molecule has 6 nitrogen and oxygen atoms in total. The Morgan fingerprint density at radius 1 is 0.269 bits per heavy atom. The molecule has 0 aromatic heterocycles. The van der Waals surface area contributed by atoms with Crippen molar-refractivity contribution in [1.29, 1.82) is 0 Å². The monoisotopic (exact) mass is 1080 g/mol. The molecule has 1 unspecified atom stereocenters. The Balaban J connectivity index is 4.35. The minimum Gasteiger partial charge on any atom is -0.462 e. The van der Waals surface area contributed by atoms with Crippen LogP contribution < -0.4 is 0 Å². The van der Waals surface area contributed by atoms with E-state index in [4.69, 9.17) is 14.2 Å². The smallest absolute Gasteiger partial charge is 0.306 e. The van der Waals surface area contributed by atoms with Crippen LogP contribution in [0.1, 0.15) is 310 Å². The van der Waals surface area contributed by atoms with Gasteiger partial charge in [-0.1, -0.05) is 278 Å².